The Labute approximate surface area is 174 Å². The number of hydrogen-bond donors (Lipinski definition) is 1. The third-order valence-electron chi connectivity index (χ3n) is 6.57. The summed E-state index contributed by atoms with van der Waals surface area (Å²) in [6, 6.07) is 18.9. The second-order valence-corrected chi connectivity index (χ2v) is 8.34. The second kappa shape index (κ2) is 9.45. The Balaban J connectivity index is 1.53. The van der Waals surface area contributed by atoms with Crippen LogP contribution in [0.15, 0.2) is 54.6 Å². The highest BCUT2D eigenvalue weighted by Crippen LogP contribution is 2.38. The number of rotatable bonds is 5. The Bertz CT molecular complexity index is 807. The Morgan fingerprint density at radius 3 is 2.59 bits per heavy atom. The van der Waals surface area contributed by atoms with Gasteiger partial charge in [-0.2, -0.15) is 0 Å². The molecule has 0 bridgehead atoms. The minimum atomic E-state index is -0.0516. The molecule has 29 heavy (non-hydrogen) atoms. The third kappa shape index (κ3) is 4.64. The SMILES string of the molecule is COc1cccc(NC(=O)C2CCCCN2C2CCCCC2c2ccccc2)c1. The van der Waals surface area contributed by atoms with E-state index in [1.807, 2.05) is 24.3 Å². The molecule has 1 N–H and O–H groups in total. The van der Waals surface area contributed by atoms with Gasteiger partial charge in [-0.05, 0) is 55.8 Å². The molecule has 3 unspecified atom stereocenters. The number of nitrogens with one attached hydrogen (secondary N) is 1. The van der Waals surface area contributed by atoms with E-state index in [4.69, 9.17) is 4.74 Å². The number of anilines is 1. The molecule has 3 atom stereocenters. The van der Waals surface area contributed by atoms with Gasteiger partial charge in [0.25, 0.3) is 0 Å². The minimum absolute atomic E-state index is 0.0516. The molecule has 1 heterocycles. The van der Waals surface area contributed by atoms with E-state index in [2.05, 4.69) is 40.5 Å². The molecule has 2 aromatic rings. The van der Waals surface area contributed by atoms with Gasteiger partial charge in [0.2, 0.25) is 5.91 Å². The lowest BCUT2D eigenvalue weighted by Crippen LogP contribution is -2.54. The summed E-state index contributed by atoms with van der Waals surface area (Å²) in [5.74, 6) is 1.41. The average molecular weight is 393 g/mol. The second-order valence-electron chi connectivity index (χ2n) is 8.34. The number of carbonyl (C=O) groups is 1. The lowest BCUT2D eigenvalue weighted by atomic mass is 9.78. The van der Waals surface area contributed by atoms with Gasteiger partial charge < -0.3 is 10.1 Å². The van der Waals surface area contributed by atoms with Crippen molar-refractivity contribution >= 4 is 11.6 Å². The summed E-state index contributed by atoms with van der Waals surface area (Å²) in [5.41, 5.74) is 2.23. The molecule has 2 aromatic carbocycles. The summed E-state index contributed by atoms with van der Waals surface area (Å²) in [4.78, 5) is 15.8. The van der Waals surface area contributed by atoms with Crippen molar-refractivity contribution in [2.24, 2.45) is 0 Å². The van der Waals surface area contributed by atoms with Crippen LogP contribution < -0.4 is 10.1 Å². The fourth-order valence-corrected chi connectivity index (χ4v) is 5.16. The third-order valence-corrected chi connectivity index (χ3v) is 6.57. The number of benzene rings is 2. The lowest BCUT2D eigenvalue weighted by Gasteiger charge is -2.45. The van der Waals surface area contributed by atoms with Crippen LogP contribution in [-0.4, -0.2) is 36.5 Å². The van der Waals surface area contributed by atoms with E-state index in [-0.39, 0.29) is 11.9 Å². The van der Waals surface area contributed by atoms with E-state index >= 15 is 0 Å². The molecule has 2 aliphatic rings. The van der Waals surface area contributed by atoms with Crippen LogP contribution in [-0.2, 0) is 4.79 Å². The van der Waals surface area contributed by atoms with Crippen molar-refractivity contribution in [1.82, 2.24) is 4.90 Å². The predicted octanol–water partition coefficient (Wildman–Crippen LogP) is 5.21. The molecule has 4 heteroatoms. The summed E-state index contributed by atoms with van der Waals surface area (Å²) < 4.78 is 5.30. The number of carbonyl (C=O) groups excluding carboxylic acids is 1. The first kappa shape index (κ1) is 20.0. The van der Waals surface area contributed by atoms with Crippen molar-refractivity contribution in [2.75, 3.05) is 19.0 Å². The molecule has 4 rings (SSSR count). The number of methoxy groups -OCH3 is 1. The van der Waals surface area contributed by atoms with Crippen molar-refractivity contribution < 1.29 is 9.53 Å². The van der Waals surface area contributed by atoms with Gasteiger partial charge >= 0.3 is 0 Å². The molecule has 0 spiro atoms. The monoisotopic (exact) mass is 392 g/mol. The standard InChI is InChI=1S/C25H32N2O2/c1-29-21-13-9-12-20(18-21)26-25(28)24-16-7-8-17-27(24)23-15-6-5-14-22(23)19-10-3-2-4-11-19/h2-4,9-13,18,22-24H,5-8,14-17H2,1H3,(H,26,28). The fraction of sp³-hybridized carbons (Fsp3) is 0.480. The zero-order valence-electron chi connectivity index (χ0n) is 17.3. The van der Waals surface area contributed by atoms with Crippen LogP contribution in [0.4, 0.5) is 5.69 Å². The number of likely N-dealkylation sites (tertiary alicyclic amines) is 1. The first-order valence-corrected chi connectivity index (χ1v) is 11.0. The molecule has 1 amide bonds. The molecular weight excluding hydrogens is 360 g/mol. The van der Waals surface area contributed by atoms with Gasteiger partial charge in [0.1, 0.15) is 5.75 Å². The molecular formula is C25H32N2O2. The Kier molecular flexibility index (Phi) is 6.50. The molecule has 4 nitrogen and oxygen atoms in total. The fourth-order valence-electron chi connectivity index (χ4n) is 5.16. The average Bonchev–Trinajstić information content (AvgIpc) is 2.80. The summed E-state index contributed by atoms with van der Waals surface area (Å²) in [6.45, 7) is 1.02. The van der Waals surface area contributed by atoms with Crippen LogP contribution >= 0.6 is 0 Å². The molecule has 2 fully saturated rings. The summed E-state index contributed by atoms with van der Waals surface area (Å²) in [5, 5.41) is 3.15. The van der Waals surface area contributed by atoms with E-state index in [0.717, 1.165) is 30.8 Å². The van der Waals surface area contributed by atoms with E-state index in [1.54, 1.807) is 7.11 Å². The van der Waals surface area contributed by atoms with Gasteiger partial charge in [-0.1, -0.05) is 55.7 Å². The first-order chi connectivity index (χ1) is 14.3. The molecule has 1 saturated heterocycles. The van der Waals surface area contributed by atoms with Gasteiger partial charge in [-0.15, -0.1) is 0 Å². The van der Waals surface area contributed by atoms with Gasteiger partial charge in [0, 0.05) is 17.8 Å². The van der Waals surface area contributed by atoms with Crippen LogP contribution in [0.5, 0.6) is 5.75 Å². The number of nitrogens with zero attached hydrogens (tertiary/aromatic N) is 1. The summed E-state index contributed by atoms with van der Waals surface area (Å²) >= 11 is 0. The molecule has 1 saturated carbocycles. The Morgan fingerprint density at radius 2 is 1.76 bits per heavy atom. The van der Waals surface area contributed by atoms with E-state index < -0.39 is 0 Å². The highest BCUT2D eigenvalue weighted by molar-refractivity contribution is 5.95. The highest BCUT2D eigenvalue weighted by atomic mass is 16.5. The maximum atomic E-state index is 13.3. The maximum absolute atomic E-state index is 13.3. The van der Waals surface area contributed by atoms with E-state index in [0.29, 0.717) is 12.0 Å². The van der Waals surface area contributed by atoms with Gasteiger partial charge in [0.15, 0.2) is 0 Å². The van der Waals surface area contributed by atoms with Crippen LogP contribution in [0, 0.1) is 0 Å². The smallest absolute Gasteiger partial charge is 0.241 e. The van der Waals surface area contributed by atoms with E-state index in [9.17, 15) is 4.79 Å². The van der Waals surface area contributed by atoms with Gasteiger partial charge in [0.05, 0.1) is 13.2 Å². The van der Waals surface area contributed by atoms with Crippen LogP contribution in [0.25, 0.3) is 0 Å². The summed E-state index contributed by atoms with van der Waals surface area (Å²) in [7, 11) is 1.65. The van der Waals surface area contributed by atoms with Crippen molar-refractivity contribution in [3.05, 3.63) is 60.2 Å². The van der Waals surface area contributed by atoms with Crippen LogP contribution in [0.2, 0.25) is 0 Å². The van der Waals surface area contributed by atoms with Gasteiger partial charge in [-0.25, -0.2) is 0 Å². The zero-order chi connectivity index (χ0) is 20.1. The highest BCUT2D eigenvalue weighted by Gasteiger charge is 2.38. The van der Waals surface area contributed by atoms with Crippen molar-refractivity contribution in [1.29, 1.82) is 0 Å². The molecule has 1 aliphatic heterocycles. The lowest BCUT2D eigenvalue weighted by molar-refractivity contribution is -0.124. The number of hydrogen-bond acceptors (Lipinski definition) is 3. The normalized spacial score (nSPS) is 25.3. The van der Waals surface area contributed by atoms with Crippen molar-refractivity contribution in [3.8, 4) is 5.75 Å². The van der Waals surface area contributed by atoms with Crippen molar-refractivity contribution in [3.63, 3.8) is 0 Å². The molecule has 0 radical (unpaired) electrons. The molecule has 1 aliphatic carbocycles. The minimum Gasteiger partial charge on any atom is -0.497 e. The number of amides is 1. The number of ether oxygens (including phenoxy) is 1. The van der Waals surface area contributed by atoms with Crippen molar-refractivity contribution in [2.45, 2.75) is 62.9 Å². The predicted molar refractivity (Wildman–Crippen MR) is 117 cm³/mol. The molecule has 0 aromatic heterocycles. The Morgan fingerprint density at radius 1 is 0.966 bits per heavy atom. The van der Waals surface area contributed by atoms with E-state index in [1.165, 1.54) is 37.7 Å². The van der Waals surface area contributed by atoms with Crippen LogP contribution in [0.3, 0.4) is 0 Å². The number of piperidine rings is 1. The van der Waals surface area contributed by atoms with Gasteiger partial charge in [-0.3, -0.25) is 9.69 Å². The Hall–Kier alpha value is -2.33. The van der Waals surface area contributed by atoms with Crippen LogP contribution in [0.1, 0.15) is 56.4 Å². The summed E-state index contributed by atoms with van der Waals surface area (Å²) in [6.07, 6.45) is 8.18. The topological polar surface area (TPSA) is 41.6 Å². The maximum Gasteiger partial charge on any atom is 0.241 e. The first-order valence-electron chi connectivity index (χ1n) is 11.0. The largest absolute Gasteiger partial charge is 0.497 e. The zero-order valence-corrected chi connectivity index (χ0v) is 17.3. The quantitative estimate of drug-likeness (QED) is 0.759. The molecule has 154 valence electrons.